The number of ether oxygens (including phenoxy) is 1. The zero-order chi connectivity index (χ0) is 19.7. The Morgan fingerprint density at radius 1 is 1.11 bits per heavy atom. The van der Waals surface area contributed by atoms with Crippen LogP contribution in [0.2, 0.25) is 5.02 Å². The second-order valence-corrected chi connectivity index (χ2v) is 6.23. The van der Waals surface area contributed by atoms with Crippen molar-refractivity contribution in [3.63, 3.8) is 0 Å². The summed E-state index contributed by atoms with van der Waals surface area (Å²) in [7, 11) is 0. The van der Waals surface area contributed by atoms with Gasteiger partial charge in [-0.2, -0.15) is 8.78 Å². The fourth-order valence-electron chi connectivity index (χ4n) is 2.54. The third kappa shape index (κ3) is 3.91. The number of alkyl halides is 2. The fourth-order valence-corrected chi connectivity index (χ4v) is 2.66. The lowest BCUT2D eigenvalue weighted by molar-refractivity contribution is -0.300. The third-order valence-electron chi connectivity index (χ3n) is 3.89. The average Bonchev–Trinajstić information content (AvgIpc) is 3.09. The summed E-state index contributed by atoms with van der Waals surface area (Å²) in [5, 5.41) is 11.2. The van der Waals surface area contributed by atoms with Crippen molar-refractivity contribution in [2.75, 3.05) is 0 Å². The monoisotopic (exact) mass is 400 g/mol. The van der Waals surface area contributed by atoms with Crippen LogP contribution in [0.5, 0.6) is 5.75 Å². The van der Waals surface area contributed by atoms with Crippen molar-refractivity contribution in [3.05, 3.63) is 83.4 Å². The van der Waals surface area contributed by atoms with Crippen molar-refractivity contribution in [2.24, 2.45) is 0 Å². The first-order chi connectivity index (χ1) is 12.7. The van der Waals surface area contributed by atoms with Gasteiger partial charge in [0.2, 0.25) is 5.60 Å². The summed E-state index contributed by atoms with van der Waals surface area (Å²) in [6.07, 6.45) is -0.501. The number of halogens is 5. The molecule has 1 aromatic heterocycles. The molecule has 1 unspecified atom stereocenters. The van der Waals surface area contributed by atoms with E-state index < -0.39 is 35.5 Å². The molecule has 1 heterocycles. The second kappa shape index (κ2) is 7.21. The molecule has 2 aromatic carbocycles. The van der Waals surface area contributed by atoms with Crippen molar-refractivity contribution in [2.45, 2.75) is 18.3 Å². The van der Waals surface area contributed by atoms with E-state index in [-0.39, 0.29) is 5.75 Å². The Kier molecular flexibility index (Phi) is 5.12. The predicted octanol–water partition coefficient (Wildman–Crippen LogP) is 4.37. The fraction of sp³-hybridized carbons (Fsp3) is 0.167. The van der Waals surface area contributed by atoms with Gasteiger partial charge < -0.3 is 14.4 Å². The summed E-state index contributed by atoms with van der Waals surface area (Å²) in [6, 6.07) is 6.92. The lowest BCUT2D eigenvalue weighted by Crippen LogP contribution is -2.52. The molecular weight excluding hydrogens is 388 g/mol. The predicted molar refractivity (Wildman–Crippen MR) is 89.5 cm³/mol. The van der Waals surface area contributed by atoms with E-state index in [1.807, 2.05) is 0 Å². The normalized spacial score (nSPS) is 14.0. The molecule has 0 aliphatic heterocycles. The molecule has 1 N–H and O–H groups in total. The number of hydrogen-bond acceptors (Lipinski definition) is 3. The highest BCUT2D eigenvalue weighted by Gasteiger charge is 2.58. The van der Waals surface area contributed by atoms with Gasteiger partial charge in [0.1, 0.15) is 17.4 Å². The molecule has 0 bridgehead atoms. The van der Waals surface area contributed by atoms with Gasteiger partial charge in [-0.1, -0.05) is 11.6 Å². The first-order valence-electron chi connectivity index (χ1n) is 7.67. The minimum Gasteiger partial charge on any atom is -0.430 e. The quantitative estimate of drug-likeness (QED) is 0.625. The molecular formula is C18H13ClF4N2O2. The van der Waals surface area contributed by atoms with Crippen LogP contribution in [0.4, 0.5) is 17.6 Å². The van der Waals surface area contributed by atoms with Crippen LogP contribution >= 0.6 is 11.6 Å². The Morgan fingerprint density at radius 3 is 2.41 bits per heavy atom. The summed E-state index contributed by atoms with van der Waals surface area (Å²) >= 11 is 5.71. The van der Waals surface area contributed by atoms with E-state index in [9.17, 15) is 13.9 Å². The Morgan fingerprint density at radius 2 is 1.81 bits per heavy atom. The third-order valence-corrected chi connectivity index (χ3v) is 4.14. The first-order valence-corrected chi connectivity index (χ1v) is 8.05. The zero-order valence-corrected chi connectivity index (χ0v) is 14.4. The molecule has 0 fully saturated rings. The van der Waals surface area contributed by atoms with E-state index in [1.54, 1.807) is 0 Å². The molecule has 0 aliphatic carbocycles. The Balaban J connectivity index is 2.05. The first kappa shape index (κ1) is 19.2. The topological polar surface area (TPSA) is 47.3 Å². The molecule has 3 rings (SSSR count). The van der Waals surface area contributed by atoms with Gasteiger partial charge in [0.05, 0.1) is 12.9 Å². The van der Waals surface area contributed by atoms with Crippen LogP contribution in [0.3, 0.4) is 0 Å². The number of imidazole rings is 1. The van der Waals surface area contributed by atoms with Crippen LogP contribution in [-0.2, 0) is 12.1 Å². The Labute approximate surface area is 156 Å². The molecule has 0 aliphatic rings. The van der Waals surface area contributed by atoms with Crippen molar-refractivity contribution in [3.8, 4) is 5.75 Å². The van der Waals surface area contributed by atoms with Gasteiger partial charge in [-0.05, 0) is 36.4 Å². The highest BCUT2D eigenvalue weighted by Crippen LogP contribution is 2.42. The molecule has 0 amide bonds. The van der Waals surface area contributed by atoms with Crippen LogP contribution in [0, 0.1) is 11.6 Å². The van der Waals surface area contributed by atoms with Gasteiger partial charge in [-0.15, -0.1) is 0 Å². The molecule has 1 atom stereocenters. The summed E-state index contributed by atoms with van der Waals surface area (Å²) in [6.45, 7) is -0.795. The summed E-state index contributed by atoms with van der Waals surface area (Å²) < 4.78 is 63.3. The van der Waals surface area contributed by atoms with Crippen molar-refractivity contribution < 1.29 is 27.4 Å². The highest BCUT2D eigenvalue weighted by molar-refractivity contribution is 6.30. The van der Waals surface area contributed by atoms with E-state index >= 15 is 8.78 Å². The Bertz CT molecular complexity index is 920. The zero-order valence-electron chi connectivity index (χ0n) is 13.6. The number of rotatable bonds is 6. The maximum atomic E-state index is 15.0. The lowest BCUT2D eigenvalue weighted by atomic mass is 9.91. The van der Waals surface area contributed by atoms with Crippen molar-refractivity contribution in [1.82, 2.24) is 9.55 Å². The van der Waals surface area contributed by atoms with E-state index in [2.05, 4.69) is 9.72 Å². The van der Waals surface area contributed by atoms with Crippen LogP contribution in [0.1, 0.15) is 5.56 Å². The van der Waals surface area contributed by atoms with Gasteiger partial charge in [0, 0.05) is 29.0 Å². The molecule has 3 aromatic rings. The van der Waals surface area contributed by atoms with Gasteiger partial charge >= 0.3 is 6.11 Å². The van der Waals surface area contributed by atoms with Gasteiger partial charge in [-0.25, -0.2) is 13.8 Å². The lowest BCUT2D eigenvalue weighted by Gasteiger charge is -2.36. The molecule has 9 heteroatoms. The van der Waals surface area contributed by atoms with E-state index in [0.717, 1.165) is 16.7 Å². The minimum absolute atomic E-state index is 0.295. The van der Waals surface area contributed by atoms with Crippen LogP contribution in [-0.4, -0.2) is 20.8 Å². The standard InChI is InChI=1S/C18H13ClF4N2O2/c19-12-1-4-14(5-2-12)27-18(22,23)17(26,10-25-8-7-24-11-25)15-6-3-13(20)9-16(15)21/h1-9,11,26H,10H2. The summed E-state index contributed by atoms with van der Waals surface area (Å²) in [4.78, 5) is 3.71. The maximum Gasteiger partial charge on any atom is 0.433 e. The van der Waals surface area contributed by atoms with Crippen molar-refractivity contribution >= 4 is 11.6 Å². The Hall–Kier alpha value is -2.58. The number of hydrogen-bond donors (Lipinski definition) is 1. The number of aromatic nitrogens is 2. The van der Waals surface area contributed by atoms with Gasteiger partial charge in [0.15, 0.2) is 0 Å². The molecule has 0 saturated heterocycles. The molecule has 0 saturated carbocycles. The number of aliphatic hydroxyl groups is 1. The van der Waals surface area contributed by atoms with Gasteiger partial charge in [-0.3, -0.25) is 0 Å². The molecule has 4 nitrogen and oxygen atoms in total. The maximum absolute atomic E-state index is 15.0. The average molecular weight is 401 g/mol. The van der Waals surface area contributed by atoms with Crippen LogP contribution < -0.4 is 4.74 Å². The largest absolute Gasteiger partial charge is 0.433 e. The number of nitrogens with zero attached hydrogens (tertiary/aromatic N) is 2. The number of benzene rings is 2. The van der Waals surface area contributed by atoms with Gasteiger partial charge in [0.25, 0.3) is 0 Å². The van der Waals surface area contributed by atoms with Crippen LogP contribution in [0.15, 0.2) is 61.2 Å². The summed E-state index contributed by atoms with van der Waals surface area (Å²) in [5.74, 6) is -2.60. The van der Waals surface area contributed by atoms with Crippen LogP contribution in [0.25, 0.3) is 0 Å². The molecule has 0 radical (unpaired) electrons. The molecule has 0 spiro atoms. The molecule has 142 valence electrons. The summed E-state index contributed by atoms with van der Waals surface area (Å²) in [5.41, 5.74) is -3.98. The molecule has 27 heavy (non-hydrogen) atoms. The van der Waals surface area contributed by atoms with E-state index in [1.165, 1.54) is 43.0 Å². The van der Waals surface area contributed by atoms with E-state index in [0.29, 0.717) is 11.1 Å². The highest BCUT2D eigenvalue weighted by atomic mass is 35.5. The SMILES string of the molecule is OC(Cn1ccnc1)(c1ccc(F)cc1F)C(F)(F)Oc1ccc(Cl)cc1. The smallest absolute Gasteiger partial charge is 0.430 e. The minimum atomic E-state index is -4.29. The second-order valence-electron chi connectivity index (χ2n) is 5.79. The van der Waals surface area contributed by atoms with E-state index in [4.69, 9.17) is 11.6 Å². The van der Waals surface area contributed by atoms with Crippen molar-refractivity contribution in [1.29, 1.82) is 0 Å².